The van der Waals surface area contributed by atoms with Gasteiger partial charge in [0, 0.05) is 0 Å². The molecule has 0 saturated carbocycles. The third-order valence-electron chi connectivity index (χ3n) is 4.34. The Morgan fingerprint density at radius 1 is 1.19 bits per heavy atom. The molecule has 3 N–H and O–H groups in total. The Balaban J connectivity index is 2.52. The van der Waals surface area contributed by atoms with Crippen LogP contribution in [0, 0.1) is 5.82 Å². The zero-order chi connectivity index (χ0) is 23.9. The molecule has 2 amide bonds. The van der Waals surface area contributed by atoms with Gasteiger partial charge >= 0.3 is 18.2 Å². The first-order chi connectivity index (χ1) is 15.1. The zero-order valence-corrected chi connectivity index (χ0v) is 16.7. The van der Waals surface area contributed by atoms with E-state index < -0.39 is 35.7 Å². The van der Waals surface area contributed by atoms with Crippen LogP contribution in [0.5, 0.6) is 5.75 Å². The molecule has 0 radical (unpaired) electrons. The fraction of sp³-hybridized carbons (Fsp3) is 0.182. The molecule has 0 aliphatic rings. The van der Waals surface area contributed by atoms with Gasteiger partial charge in [-0.15, -0.1) is 6.58 Å². The highest BCUT2D eigenvalue weighted by atomic mass is 19.4. The van der Waals surface area contributed by atoms with E-state index in [-0.39, 0.29) is 29.9 Å². The summed E-state index contributed by atoms with van der Waals surface area (Å²) in [7, 11) is 0. The summed E-state index contributed by atoms with van der Waals surface area (Å²) in [5.41, 5.74) is -0.192. The van der Waals surface area contributed by atoms with Crippen LogP contribution in [0.1, 0.15) is 16.7 Å². The highest BCUT2D eigenvalue weighted by Gasteiger charge is 2.40. The fourth-order valence-corrected chi connectivity index (χ4v) is 2.80. The van der Waals surface area contributed by atoms with E-state index >= 15 is 4.39 Å². The first kappa shape index (κ1) is 24.4. The predicted octanol–water partition coefficient (Wildman–Crippen LogP) is 4.91. The third kappa shape index (κ3) is 6.34. The number of anilines is 1. The molecule has 2 aromatic carbocycles. The van der Waals surface area contributed by atoms with Gasteiger partial charge in [0.1, 0.15) is 18.0 Å². The highest BCUT2D eigenvalue weighted by Crippen LogP contribution is 2.36. The average Bonchev–Trinajstić information content (AvgIpc) is 2.74. The van der Waals surface area contributed by atoms with Crippen molar-refractivity contribution >= 4 is 23.8 Å². The summed E-state index contributed by atoms with van der Waals surface area (Å²) in [4.78, 5) is 22.4. The van der Waals surface area contributed by atoms with Gasteiger partial charge in [0.15, 0.2) is 5.82 Å². The van der Waals surface area contributed by atoms with Crippen LogP contribution in [0.2, 0.25) is 0 Å². The minimum Gasteiger partial charge on any atom is -0.487 e. The number of amides is 2. The second kappa shape index (κ2) is 10.5. The van der Waals surface area contributed by atoms with Crippen molar-refractivity contribution in [2.45, 2.75) is 25.2 Å². The molecule has 0 aliphatic carbocycles. The van der Waals surface area contributed by atoms with E-state index in [0.29, 0.717) is 5.56 Å². The van der Waals surface area contributed by atoms with Crippen molar-refractivity contribution in [1.82, 2.24) is 5.32 Å². The molecule has 0 aliphatic heterocycles. The van der Waals surface area contributed by atoms with Crippen molar-refractivity contribution in [3.8, 4) is 5.75 Å². The molecule has 0 aromatic heterocycles. The van der Waals surface area contributed by atoms with Gasteiger partial charge in [0.05, 0.1) is 6.04 Å². The van der Waals surface area contributed by atoms with Crippen LogP contribution in [0.25, 0.3) is 6.08 Å². The monoisotopic (exact) mass is 452 g/mol. The maximum absolute atomic E-state index is 15.4. The van der Waals surface area contributed by atoms with E-state index in [1.54, 1.807) is 30.3 Å². The van der Waals surface area contributed by atoms with Crippen LogP contribution in [0.4, 0.5) is 28.0 Å². The van der Waals surface area contributed by atoms with E-state index in [1.807, 2.05) is 0 Å². The first-order valence-corrected chi connectivity index (χ1v) is 9.21. The van der Waals surface area contributed by atoms with Crippen LogP contribution < -0.4 is 15.4 Å². The molecule has 0 fully saturated rings. The molecule has 10 heteroatoms. The van der Waals surface area contributed by atoms with Crippen molar-refractivity contribution in [2.24, 2.45) is 0 Å². The topological polar surface area (TPSA) is 87.7 Å². The standard InChI is InChI=1S/C22H20F4N2O4/c1-3-14-10-17(32-12-13-8-6-5-7-9-13)19(28-20(29)22(24,25)26)18(23)16(14)11-15(4-2)27-21(30)31/h3-10,15,27H,1-2,11-12H2,(H,28,29)(H,30,31)/t15-/m1/s1. The van der Waals surface area contributed by atoms with Crippen molar-refractivity contribution in [1.29, 1.82) is 0 Å². The number of carbonyl (C=O) groups is 2. The highest BCUT2D eigenvalue weighted by molar-refractivity contribution is 5.96. The summed E-state index contributed by atoms with van der Waals surface area (Å²) in [6, 6.07) is 8.84. The number of carboxylic acid groups (broad SMARTS) is 1. The third-order valence-corrected chi connectivity index (χ3v) is 4.34. The van der Waals surface area contributed by atoms with Gasteiger partial charge in [0.2, 0.25) is 0 Å². The molecule has 0 saturated heterocycles. The number of nitrogens with one attached hydrogen (secondary N) is 2. The molecule has 0 unspecified atom stereocenters. The summed E-state index contributed by atoms with van der Waals surface area (Å²) in [5, 5.41) is 12.5. The average molecular weight is 452 g/mol. The minimum atomic E-state index is -5.27. The molecule has 32 heavy (non-hydrogen) atoms. The zero-order valence-electron chi connectivity index (χ0n) is 16.7. The lowest BCUT2D eigenvalue weighted by atomic mass is 9.97. The number of alkyl halides is 3. The summed E-state index contributed by atoms with van der Waals surface area (Å²) in [6.45, 7) is 6.92. The lowest BCUT2D eigenvalue weighted by Gasteiger charge is -2.20. The van der Waals surface area contributed by atoms with Gasteiger partial charge in [-0.05, 0) is 29.2 Å². The van der Waals surface area contributed by atoms with E-state index in [9.17, 15) is 22.8 Å². The van der Waals surface area contributed by atoms with E-state index in [2.05, 4.69) is 18.5 Å². The van der Waals surface area contributed by atoms with Crippen LogP contribution in [0.3, 0.4) is 0 Å². The smallest absolute Gasteiger partial charge is 0.471 e. The summed E-state index contributed by atoms with van der Waals surface area (Å²) >= 11 is 0. The number of halogens is 4. The molecule has 0 spiro atoms. The lowest BCUT2D eigenvalue weighted by Crippen LogP contribution is -2.34. The molecule has 2 aromatic rings. The van der Waals surface area contributed by atoms with Crippen LogP contribution in [-0.2, 0) is 17.8 Å². The van der Waals surface area contributed by atoms with Crippen molar-refractivity contribution < 1.29 is 37.0 Å². The Morgan fingerprint density at radius 3 is 2.38 bits per heavy atom. The predicted molar refractivity (Wildman–Crippen MR) is 111 cm³/mol. The van der Waals surface area contributed by atoms with Crippen molar-refractivity contribution in [3.05, 3.63) is 78.1 Å². The Hall–Kier alpha value is -3.82. The van der Waals surface area contributed by atoms with Gasteiger partial charge in [-0.1, -0.05) is 49.1 Å². The van der Waals surface area contributed by atoms with E-state index in [1.165, 1.54) is 23.5 Å². The number of carbonyl (C=O) groups excluding carboxylic acids is 1. The molecular weight excluding hydrogens is 432 g/mol. The van der Waals surface area contributed by atoms with Crippen molar-refractivity contribution in [2.75, 3.05) is 5.32 Å². The van der Waals surface area contributed by atoms with Crippen LogP contribution >= 0.6 is 0 Å². The number of hydrogen-bond donors (Lipinski definition) is 3. The maximum Gasteiger partial charge on any atom is 0.471 e. The maximum atomic E-state index is 15.4. The Labute approximate surface area is 181 Å². The number of hydrogen-bond acceptors (Lipinski definition) is 3. The summed E-state index contributed by atoms with van der Waals surface area (Å²) in [5.74, 6) is -3.94. The molecular formula is C22H20F4N2O4. The number of benzene rings is 2. The first-order valence-electron chi connectivity index (χ1n) is 9.21. The van der Waals surface area contributed by atoms with Crippen LogP contribution in [-0.4, -0.2) is 29.3 Å². The Bertz CT molecular complexity index is 1010. The normalized spacial score (nSPS) is 11.9. The molecule has 6 nitrogen and oxygen atoms in total. The molecule has 0 bridgehead atoms. The Morgan fingerprint density at radius 2 is 1.84 bits per heavy atom. The van der Waals surface area contributed by atoms with E-state index in [4.69, 9.17) is 9.84 Å². The summed E-state index contributed by atoms with van der Waals surface area (Å²) in [6.07, 6.45) is -4.52. The quantitative estimate of drug-likeness (QED) is 0.373. The molecule has 2 rings (SSSR count). The van der Waals surface area contributed by atoms with Gasteiger partial charge in [0.25, 0.3) is 0 Å². The van der Waals surface area contributed by atoms with Gasteiger partial charge in [-0.3, -0.25) is 4.79 Å². The number of rotatable bonds is 9. The largest absolute Gasteiger partial charge is 0.487 e. The number of ether oxygens (including phenoxy) is 1. The van der Waals surface area contributed by atoms with Gasteiger partial charge in [-0.2, -0.15) is 13.2 Å². The Kier molecular flexibility index (Phi) is 8.00. The van der Waals surface area contributed by atoms with Gasteiger partial charge in [-0.25, -0.2) is 9.18 Å². The lowest BCUT2D eigenvalue weighted by molar-refractivity contribution is -0.167. The molecule has 0 heterocycles. The fourth-order valence-electron chi connectivity index (χ4n) is 2.80. The van der Waals surface area contributed by atoms with E-state index in [0.717, 1.165) is 0 Å². The second-order valence-electron chi connectivity index (χ2n) is 6.56. The SMILES string of the molecule is C=Cc1cc(OCc2ccccc2)c(NC(=O)C(F)(F)F)c(F)c1C[C@@H](C=C)NC(=O)O. The second-order valence-corrected chi connectivity index (χ2v) is 6.56. The van der Waals surface area contributed by atoms with Crippen molar-refractivity contribution in [3.63, 3.8) is 0 Å². The molecule has 1 atom stereocenters. The van der Waals surface area contributed by atoms with Gasteiger partial charge < -0.3 is 20.5 Å². The molecule has 170 valence electrons. The minimum absolute atomic E-state index is 0.110. The van der Waals surface area contributed by atoms with Crippen LogP contribution in [0.15, 0.2) is 55.6 Å². The summed E-state index contributed by atoms with van der Waals surface area (Å²) < 4.78 is 59.4.